The molecule has 55 heavy (non-hydrogen) atoms. The molecule has 0 spiro atoms. The molecule has 0 aromatic heterocycles. The van der Waals surface area contributed by atoms with Gasteiger partial charge in [0, 0.05) is 13.0 Å². The van der Waals surface area contributed by atoms with Crippen molar-refractivity contribution in [2.75, 3.05) is 6.54 Å². The number of nitrogens with two attached hydrogens (primary N) is 2. The maximum Gasteiger partial charge on any atom is 0.408 e. The molecule has 17 nitrogen and oxygen atoms in total. The van der Waals surface area contributed by atoms with Crippen LogP contribution in [-0.4, -0.2) is 88.4 Å². The van der Waals surface area contributed by atoms with Crippen LogP contribution in [0.25, 0.3) is 0 Å². The van der Waals surface area contributed by atoms with Crippen molar-refractivity contribution in [2.45, 2.75) is 134 Å². The fourth-order valence-electron chi connectivity index (χ4n) is 7.11. The minimum Gasteiger partial charge on any atom is -0.481 e. The molecule has 0 heterocycles. The molecule has 0 aliphatic heterocycles. The summed E-state index contributed by atoms with van der Waals surface area (Å²) in [6.07, 6.45) is 7.76. The second-order valence-electron chi connectivity index (χ2n) is 14.5. The summed E-state index contributed by atoms with van der Waals surface area (Å²) in [4.78, 5) is 94.8. The van der Waals surface area contributed by atoms with E-state index >= 15 is 0 Å². The zero-order chi connectivity index (χ0) is 40.2. The first-order chi connectivity index (χ1) is 26.3. The molecule has 1 aromatic carbocycles. The lowest BCUT2D eigenvalue weighted by Crippen LogP contribution is -2.57. The number of ether oxygens (including phenoxy) is 1. The number of amides is 4. The van der Waals surface area contributed by atoms with E-state index in [-0.39, 0.29) is 63.1 Å². The van der Waals surface area contributed by atoms with Crippen molar-refractivity contribution in [3.63, 3.8) is 0 Å². The van der Waals surface area contributed by atoms with Crippen molar-refractivity contribution < 1.29 is 48.5 Å². The Balaban J connectivity index is 1.77. The number of ketones is 1. The number of carboxylic acids is 2. The number of rotatable bonds is 22. The highest BCUT2D eigenvalue weighted by Crippen LogP contribution is 2.28. The molecule has 4 atom stereocenters. The molecule has 17 heteroatoms. The third kappa shape index (κ3) is 16.8. The third-order valence-electron chi connectivity index (χ3n) is 10.1. The van der Waals surface area contributed by atoms with Gasteiger partial charge in [-0.3, -0.25) is 29.0 Å². The quantitative estimate of drug-likeness (QED) is 0.0365. The molecule has 1 unspecified atom stereocenters. The van der Waals surface area contributed by atoms with Gasteiger partial charge in [-0.05, 0) is 49.5 Å². The number of aliphatic imine (C=N–C) groups is 1. The van der Waals surface area contributed by atoms with Crippen LogP contribution in [0.4, 0.5) is 4.79 Å². The van der Waals surface area contributed by atoms with Gasteiger partial charge in [0.1, 0.15) is 30.8 Å². The van der Waals surface area contributed by atoms with Gasteiger partial charge in [0.25, 0.3) is 5.91 Å². The number of aliphatic carboxylic acids is 2. The summed E-state index contributed by atoms with van der Waals surface area (Å²) in [5, 5.41) is 29.1. The number of carbonyl (C=O) groups is 7. The SMILES string of the molecule is NC(N)=NCCC[C@H](NC(=O)C(=O)C(CC1CCCCC1)NC(=O)OCc1ccccc1)C(=O)N[C@@H](CCC(=O)O)C(=O)N[C@@H](CC1CCCCC1)C(=O)O. The van der Waals surface area contributed by atoms with Crippen LogP contribution in [-0.2, 0) is 40.1 Å². The van der Waals surface area contributed by atoms with Crippen LogP contribution in [0.15, 0.2) is 35.3 Å². The Morgan fingerprint density at radius 2 is 1.25 bits per heavy atom. The minimum atomic E-state index is -1.48. The van der Waals surface area contributed by atoms with E-state index in [4.69, 9.17) is 16.2 Å². The maximum absolute atomic E-state index is 13.8. The summed E-state index contributed by atoms with van der Waals surface area (Å²) in [5.74, 6) is -6.56. The molecule has 0 radical (unpaired) electrons. The standard InChI is InChI=1S/C38H57N7O10/c39-37(40)41-20-10-17-27(33(49)42-28(18-19-31(46)47)34(50)44-30(36(52)53)22-25-13-6-2-7-14-25)43-35(51)32(48)29(21-24-11-4-1-5-12-24)45-38(54)55-23-26-15-8-3-9-16-26/h3,8-9,15-16,24-25,27-30H,1-2,4-7,10-14,17-23H2,(H,42,49)(H,43,51)(H,44,50)(H,45,54)(H,46,47)(H,52,53)(H4,39,40,41)/t27-,28-,29?,30-/m0/s1. The lowest BCUT2D eigenvalue weighted by molar-refractivity contribution is -0.143. The lowest BCUT2D eigenvalue weighted by atomic mass is 9.84. The van der Waals surface area contributed by atoms with Crippen LogP contribution in [0.3, 0.4) is 0 Å². The molecule has 2 aliphatic carbocycles. The number of hydrogen-bond donors (Lipinski definition) is 8. The van der Waals surface area contributed by atoms with Gasteiger partial charge in [-0.25, -0.2) is 9.59 Å². The number of carbonyl (C=O) groups excluding carboxylic acids is 5. The van der Waals surface area contributed by atoms with Gasteiger partial charge in [-0.2, -0.15) is 0 Å². The number of Topliss-reactive ketones (excluding diaryl/α,β-unsaturated/α-hetero) is 1. The summed E-state index contributed by atoms with van der Waals surface area (Å²) < 4.78 is 5.32. The number of nitrogens with one attached hydrogen (secondary N) is 4. The molecule has 10 N–H and O–H groups in total. The van der Waals surface area contributed by atoms with E-state index in [0.29, 0.717) is 0 Å². The van der Waals surface area contributed by atoms with Gasteiger partial charge in [-0.1, -0.05) is 94.5 Å². The minimum absolute atomic E-state index is 0.0550. The Morgan fingerprint density at radius 3 is 1.80 bits per heavy atom. The molecule has 1 aromatic rings. The Morgan fingerprint density at radius 1 is 0.709 bits per heavy atom. The topological polar surface area (TPSA) is 282 Å². The van der Waals surface area contributed by atoms with Gasteiger partial charge in [-0.15, -0.1) is 0 Å². The molecule has 2 fully saturated rings. The van der Waals surface area contributed by atoms with Crippen molar-refractivity contribution >= 4 is 47.5 Å². The van der Waals surface area contributed by atoms with Crippen LogP contribution in [0.1, 0.15) is 108 Å². The van der Waals surface area contributed by atoms with E-state index < -0.39 is 72.1 Å². The Hall–Kier alpha value is -5.22. The molecule has 304 valence electrons. The van der Waals surface area contributed by atoms with Crippen molar-refractivity contribution in [1.29, 1.82) is 0 Å². The molecule has 3 rings (SSSR count). The van der Waals surface area contributed by atoms with E-state index in [1.54, 1.807) is 24.3 Å². The van der Waals surface area contributed by atoms with Gasteiger partial charge in [0.05, 0.1) is 0 Å². The van der Waals surface area contributed by atoms with E-state index in [2.05, 4.69) is 26.3 Å². The van der Waals surface area contributed by atoms with Gasteiger partial charge >= 0.3 is 18.0 Å². The summed E-state index contributed by atoms with van der Waals surface area (Å²) in [5.41, 5.74) is 11.6. The Kier molecular flexibility index (Phi) is 18.9. The van der Waals surface area contributed by atoms with Crippen LogP contribution in [0.5, 0.6) is 0 Å². The van der Waals surface area contributed by atoms with Crippen LogP contribution in [0, 0.1) is 11.8 Å². The molecular formula is C38H57N7O10. The number of alkyl carbamates (subject to hydrolysis) is 1. The van der Waals surface area contributed by atoms with Crippen molar-refractivity contribution in [3.05, 3.63) is 35.9 Å². The maximum atomic E-state index is 13.8. The molecule has 0 saturated heterocycles. The largest absolute Gasteiger partial charge is 0.481 e. The molecule has 4 amide bonds. The summed E-state index contributed by atoms with van der Waals surface area (Å²) in [6.45, 7) is -0.00883. The Bertz CT molecular complexity index is 1470. The summed E-state index contributed by atoms with van der Waals surface area (Å²) in [6, 6.07) is 3.48. The molecule has 0 bridgehead atoms. The first-order valence-corrected chi connectivity index (χ1v) is 19.2. The van der Waals surface area contributed by atoms with E-state index in [9.17, 15) is 43.8 Å². The smallest absolute Gasteiger partial charge is 0.408 e. The average molecular weight is 772 g/mol. The fourth-order valence-corrected chi connectivity index (χ4v) is 7.11. The van der Waals surface area contributed by atoms with Gasteiger partial charge < -0.3 is 47.7 Å². The predicted octanol–water partition coefficient (Wildman–Crippen LogP) is 2.25. The van der Waals surface area contributed by atoms with E-state index in [1.807, 2.05) is 6.07 Å². The number of nitrogens with zero attached hydrogens (tertiary/aromatic N) is 1. The van der Waals surface area contributed by atoms with Crippen molar-refractivity contribution in [2.24, 2.45) is 28.3 Å². The van der Waals surface area contributed by atoms with E-state index in [0.717, 1.165) is 69.8 Å². The first-order valence-electron chi connectivity index (χ1n) is 19.2. The number of guanidine groups is 1. The van der Waals surface area contributed by atoms with Crippen LogP contribution >= 0.6 is 0 Å². The van der Waals surface area contributed by atoms with Crippen LogP contribution in [0.2, 0.25) is 0 Å². The second kappa shape index (κ2) is 23.5. The molecule has 2 aliphatic rings. The zero-order valence-corrected chi connectivity index (χ0v) is 31.3. The summed E-state index contributed by atoms with van der Waals surface area (Å²) in [7, 11) is 0. The normalized spacial score (nSPS) is 16.9. The van der Waals surface area contributed by atoms with Crippen molar-refractivity contribution in [3.8, 4) is 0 Å². The van der Waals surface area contributed by atoms with Crippen molar-refractivity contribution in [1.82, 2.24) is 21.3 Å². The first kappa shape index (κ1) is 44.2. The summed E-state index contributed by atoms with van der Waals surface area (Å²) >= 11 is 0. The highest BCUT2D eigenvalue weighted by Gasteiger charge is 2.35. The van der Waals surface area contributed by atoms with Gasteiger partial charge in [0.15, 0.2) is 5.96 Å². The van der Waals surface area contributed by atoms with E-state index in [1.165, 1.54) is 0 Å². The van der Waals surface area contributed by atoms with Gasteiger partial charge in [0.2, 0.25) is 17.6 Å². The zero-order valence-electron chi connectivity index (χ0n) is 31.3. The lowest BCUT2D eigenvalue weighted by Gasteiger charge is -2.28. The fraction of sp³-hybridized carbons (Fsp3) is 0.632. The number of carboxylic acid groups (broad SMARTS) is 2. The number of benzene rings is 1. The second-order valence-corrected chi connectivity index (χ2v) is 14.5. The number of hydrogen-bond acceptors (Lipinski definition) is 9. The molecule has 2 saturated carbocycles. The predicted molar refractivity (Wildman–Crippen MR) is 201 cm³/mol. The Labute approximate surface area is 321 Å². The van der Waals surface area contributed by atoms with Crippen LogP contribution < -0.4 is 32.7 Å². The highest BCUT2D eigenvalue weighted by molar-refractivity contribution is 6.38. The molecular weight excluding hydrogens is 714 g/mol. The highest BCUT2D eigenvalue weighted by atomic mass is 16.5. The monoisotopic (exact) mass is 771 g/mol. The third-order valence-corrected chi connectivity index (χ3v) is 10.1. The average Bonchev–Trinajstić information content (AvgIpc) is 3.16.